The number of rotatable bonds is 64. The van der Waals surface area contributed by atoms with Gasteiger partial charge >= 0.3 is 39.5 Å². The van der Waals surface area contributed by atoms with Crippen LogP contribution in [0.25, 0.3) is 0 Å². The molecule has 0 aliphatic rings. The number of aliphatic hydroxyl groups excluding tert-OH is 1. The maximum Gasteiger partial charge on any atom is 0.472 e. The minimum absolute atomic E-state index is 0.107. The topological polar surface area (TPSA) is 237 Å². The summed E-state index contributed by atoms with van der Waals surface area (Å²) in [5.41, 5.74) is 0. The Hall–Kier alpha value is -1.94. The number of phosphoric acid groups is 2. The van der Waals surface area contributed by atoms with E-state index in [4.69, 9.17) is 37.0 Å². The van der Waals surface area contributed by atoms with E-state index in [2.05, 4.69) is 34.6 Å². The fourth-order valence-electron chi connectivity index (χ4n) is 9.55. The fraction of sp³-hybridized carbons (Fsp3) is 0.938. The quantitative estimate of drug-likeness (QED) is 0.0222. The molecule has 0 rings (SSSR count). The van der Waals surface area contributed by atoms with Crippen LogP contribution in [0.2, 0.25) is 0 Å². The van der Waals surface area contributed by atoms with Gasteiger partial charge in [0.05, 0.1) is 26.4 Å². The summed E-state index contributed by atoms with van der Waals surface area (Å²) >= 11 is 0. The van der Waals surface area contributed by atoms with Crippen LogP contribution in [0.5, 0.6) is 0 Å². The first-order chi connectivity index (χ1) is 40.1. The van der Waals surface area contributed by atoms with E-state index in [0.29, 0.717) is 25.7 Å². The summed E-state index contributed by atoms with van der Waals surface area (Å²) in [6.07, 6.45) is 41.6. The minimum Gasteiger partial charge on any atom is -0.462 e. The molecule has 6 atom stereocenters. The van der Waals surface area contributed by atoms with Gasteiger partial charge in [-0.05, 0) is 31.6 Å². The second-order valence-corrected chi connectivity index (χ2v) is 26.3. The maximum atomic E-state index is 13.0. The molecule has 0 aromatic rings. The Kier molecular flexibility index (Phi) is 56.4. The molecule has 0 fully saturated rings. The van der Waals surface area contributed by atoms with Crippen LogP contribution in [-0.4, -0.2) is 96.7 Å². The number of ether oxygens (including phenoxy) is 4. The Labute approximate surface area is 505 Å². The second kappa shape index (κ2) is 57.8. The number of unbranched alkanes of at least 4 members (excludes halogenated alkanes) is 35. The summed E-state index contributed by atoms with van der Waals surface area (Å²) in [7, 11) is -9.88. The van der Waals surface area contributed by atoms with Crippen molar-refractivity contribution in [2.75, 3.05) is 39.6 Å². The molecule has 0 aliphatic heterocycles. The largest absolute Gasteiger partial charge is 0.472 e. The van der Waals surface area contributed by atoms with Crippen LogP contribution in [0, 0.1) is 5.92 Å². The van der Waals surface area contributed by atoms with Crippen molar-refractivity contribution in [3.05, 3.63) is 0 Å². The summed E-state index contributed by atoms with van der Waals surface area (Å²) < 4.78 is 67.9. The first-order valence-electron chi connectivity index (χ1n) is 33.7. The van der Waals surface area contributed by atoms with Crippen molar-refractivity contribution in [2.24, 2.45) is 5.92 Å². The maximum absolute atomic E-state index is 13.0. The Balaban J connectivity index is 5.22. The highest BCUT2D eigenvalue weighted by molar-refractivity contribution is 7.47. The Morgan fingerprint density at radius 1 is 0.337 bits per heavy atom. The van der Waals surface area contributed by atoms with Gasteiger partial charge in [0, 0.05) is 25.7 Å². The average molecular weight is 1230 g/mol. The number of hydrogen-bond donors (Lipinski definition) is 3. The van der Waals surface area contributed by atoms with Gasteiger partial charge < -0.3 is 33.8 Å². The van der Waals surface area contributed by atoms with E-state index < -0.39 is 97.5 Å². The van der Waals surface area contributed by atoms with Crippen molar-refractivity contribution in [2.45, 2.75) is 342 Å². The summed E-state index contributed by atoms with van der Waals surface area (Å²) in [4.78, 5) is 72.1. The van der Waals surface area contributed by atoms with E-state index in [0.717, 1.165) is 109 Å². The standard InChI is InChI=1S/C64H124O17P2/c1-6-10-13-16-19-21-23-28-33-38-43-48-62(67)75-54-60(81-64(69)50-45-40-35-30-26-25-27-32-36-41-46-57(5)9-4)56-79-83(72,73)77-52-58(65)51-76-82(70,71)78-55-59(53-74-61(66)47-42-37-31-18-15-12-8-3)80-63(68)49-44-39-34-29-24-22-20-17-14-11-7-2/h57-60,65H,6-56H2,1-5H3,(H,70,71)(H,72,73)/t57?,58-,59+,60+/m0/s1. The summed E-state index contributed by atoms with van der Waals surface area (Å²) in [5, 5.41) is 10.5. The fourth-order valence-corrected chi connectivity index (χ4v) is 11.1. The Morgan fingerprint density at radius 2 is 0.578 bits per heavy atom. The van der Waals surface area contributed by atoms with Crippen molar-refractivity contribution in [3.63, 3.8) is 0 Å². The summed E-state index contributed by atoms with van der Waals surface area (Å²) in [5.74, 6) is -1.33. The molecular weight excluding hydrogens is 1100 g/mol. The monoisotopic (exact) mass is 1230 g/mol. The van der Waals surface area contributed by atoms with E-state index in [1.54, 1.807) is 0 Å². The zero-order chi connectivity index (χ0) is 61.3. The van der Waals surface area contributed by atoms with E-state index in [-0.39, 0.29) is 25.7 Å². The van der Waals surface area contributed by atoms with Crippen molar-refractivity contribution in [1.29, 1.82) is 0 Å². The molecule has 0 aromatic heterocycles. The third-order valence-corrected chi connectivity index (χ3v) is 17.0. The Bertz CT molecular complexity index is 1620. The molecule has 3 unspecified atom stereocenters. The van der Waals surface area contributed by atoms with Crippen LogP contribution in [0.3, 0.4) is 0 Å². The predicted octanol–water partition coefficient (Wildman–Crippen LogP) is 17.8. The van der Waals surface area contributed by atoms with Gasteiger partial charge in [-0.3, -0.25) is 37.3 Å². The van der Waals surface area contributed by atoms with Crippen LogP contribution in [-0.2, 0) is 65.4 Å². The first kappa shape index (κ1) is 81.1. The van der Waals surface area contributed by atoms with Gasteiger partial charge in [0.2, 0.25) is 0 Å². The Morgan fingerprint density at radius 3 is 0.855 bits per heavy atom. The van der Waals surface area contributed by atoms with E-state index in [1.807, 2.05) is 0 Å². The molecule has 17 nitrogen and oxygen atoms in total. The molecule has 83 heavy (non-hydrogen) atoms. The molecule has 0 spiro atoms. The summed E-state index contributed by atoms with van der Waals surface area (Å²) in [6.45, 7) is 7.18. The van der Waals surface area contributed by atoms with Crippen LogP contribution in [0.15, 0.2) is 0 Å². The van der Waals surface area contributed by atoms with E-state index in [1.165, 1.54) is 135 Å². The zero-order valence-corrected chi connectivity index (χ0v) is 55.1. The van der Waals surface area contributed by atoms with Gasteiger partial charge in [-0.25, -0.2) is 9.13 Å². The number of aliphatic hydroxyl groups is 1. The van der Waals surface area contributed by atoms with Crippen molar-refractivity contribution in [1.82, 2.24) is 0 Å². The number of phosphoric ester groups is 2. The SMILES string of the molecule is CCCCCCCCCCCCCC(=O)OC[C@H](COP(=O)(O)OC[C@@H](O)COP(=O)(O)OC[C@@H](COC(=O)CCCCCCCCC)OC(=O)CCCCCCCCCCCCC)OC(=O)CCCCCCCCCCCCC(C)CC. The van der Waals surface area contributed by atoms with Gasteiger partial charge in [-0.15, -0.1) is 0 Å². The predicted molar refractivity (Wildman–Crippen MR) is 331 cm³/mol. The molecule has 0 aromatic carbocycles. The lowest BCUT2D eigenvalue weighted by molar-refractivity contribution is -0.161. The van der Waals surface area contributed by atoms with Gasteiger partial charge in [-0.2, -0.15) is 0 Å². The molecule has 0 amide bonds. The molecule has 3 N–H and O–H groups in total. The molecular formula is C64H124O17P2. The lowest BCUT2D eigenvalue weighted by Gasteiger charge is -2.21. The molecule has 0 heterocycles. The molecule has 492 valence electrons. The van der Waals surface area contributed by atoms with Gasteiger partial charge in [0.1, 0.15) is 19.3 Å². The van der Waals surface area contributed by atoms with Crippen LogP contribution in [0.4, 0.5) is 0 Å². The first-order valence-corrected chi connectivity index (χ1v) is 36.7. The second-order valence-electron chi connectivity index (χ2n) is 23.4. The van der Waals surface area contributed by atoms with Gasteiger partial charge in [0.25, 0.3) is 0 Å². The third kappa shape index (κ3) is 57.6. The highest BCUT2D eigenvalue weighted by Crippen LogP contribution is 2.45. The number of esters is 4. The van der Waals surface area contributed by atoms with Crippen LogP contribution < -0.4 is 0 Å². The number of hydrogen-bond acceptors (Lipinski definition) is 15. The van der Waals surface area contributed by atoms with Crippen LogP contribution in [0.1, 0.15) is 324 Å². The van der Waals surface area contributed by atoms with Crippen molar-refractivity contribution >= 4 is 39.5 Å². The molecule has 19 heteroatoms. The summed E-state index contributed by atoms with van der Waals surface area (Å²) in [6, 6.07) is 0. The number of carbonyl (C=O) groups excluding carboxylic acids is 4. The third-order valence-electron chi connectivity index (χ3n) is 15.1. The zero-order valence-electron chi connectivity index (χ0n) is 53.3. The van der Waals surface area contributed by atoms with Gasteiger partial charge in [-0.1, -0.05) is 272 Å². The molecule has 0 saturated heterocycles. The molecule has 0 aliphatic carbocycles. The van der Waals surface area contributed by atoms with E-state index in [9.17, 15) is 43.2 Å². The smallest absolute Gasteiger partial charge is 0.462 e. The minimum atomic E-state index is -4.94. The lowest BCUT2D eigenvalue weighted by atomic mass is 9.99. The van der Waals surface area contributed by atoms with Crippen molar-refractivity contribution < 1.29 is 80.2 Å². The average Bonchev–Trinajstić information content (AvgIpc) is 3.47. The number of carbonyl (C=O) groups is 4. The van der Waals surface area contributed by atoms with Crippen LogP contribution >= 0.6 is 15.6 Å². The molecule has 0 radical (unpaired) electrons. The lowest BCUT2D eigenvalue weighted by Crippen LogP contribution is -2.30. The molecule has 0 bridgehead atoms. The normalized spacial score (nSPS) is 14.6. The van der Waals surface area contributed by atoms with Gasteiger partial charge in [0.15, 0.2) is 12.2 Å². The highest BCUT2D eigenvalue weighted by Gasteiger charge is 2.30. The highest BCUT2D eigenvalue weighted by atomic mass is 31.2. The van der Waals surface area contributed by atoms with E-state index >= 15 is 0 Å². The van der Waals surface area contributed by atoms with Crippen molar-refractivity contribution in [3.8, 4) is 0 Å². The molecule has 0 saturated carbocycles.